The molecule has 1 aromatic rings. The van der Waals surface area contributed by atoms with Crippen molar-refractivity contribution < 1.29 is 9.13 Å². The molecule has 2 nitrogen and oxygen atoms in total. The number of rotatable bonds is 9. The molecule has 0 aromatic heterocycles. The molecule has 0 saturated heterocycles. The molecule has 0 fully saturated rings. The number of hydrogen-bond acceptors (Lipinski definition) is 2. The van der Waals surface area contributed by atoms with Gasteiger partial charge in [-0.25, -0.2) is 4.39 Å². The summed E-state index contributed by atoms with van der Waals surface area (Å²) in [5.74, 6) is -0.176. The third kappa shape index (κ3) is 6.12. The molecule has 0 saturated carbocycles. The van der Waals surface area contributed by atoms with Gasteiger partial charge in [0.25, 0.3) is 0 Å². The number of halogens is 1. The summed E-state index contributed by atoms with van der Waals surface area (Å²) in [5, 5.41) is 3.45. The normalized spacial score (nSPS) is 12.6. The van der Waals surface area contributed by atoms with Crippen LogP contribution in [0.2, 0.25) is 0 Å². The van der Waals surface area contributed by atoms with E-state index in [4.69, 9.17) is 4.74 Å². The van der Waals surface area contributed by atoms with E-state index >= 15 is 0 Å². The Morgan fingerprint density at radius 3 is 2.50 bits per heavy atom. The standard InChI is InChI=1S/C15H24FNO/c1-3-10-18-11-9-15(17-4-2)12-13-5-7-14(16)8-6-13/h5-8,15,17H,3-4,9-12H2,1-2H3. The summed E-state index contributed by atoms with van der Waals surface area (Å²) in [4.78, 5) is 0. The van der Waals surface area contributed by atoms with Crippen LogP contribution in [0, 0.1) is 5.82 Å². The van der Waals surface area contributed by atoms with E-state index in [9.17, 15) is 4.39 Å². The van der Waals surface area contributed by atoms with Crippen molar-refractivity contribution in [2.24, 2.45) is 0 Å². The third-order valence-electron chi connectivity index (χ3n) is 2.85. The first kappa shape index (κ1) is 15.1. The molecule has 0 amide bonds. The number of nitrogens with one attached hydrogen (secondary N) is 1. The summed E-state index contributed by atoms with van der Waals surface area (Å²) in [6.45, 7) is 6.77. The van der Waals surface area contributed by atoms with Gasteiger partial charge in [-0.3, -0.25) is 0 Å². The van der Waals surface area contributed by atoms with E-state index in [0.29, 0.717) is 6.04 Å². The lowest BCUT2D eigenvalue weighted by molar-refractivity contribution is 0.124. The summed E-state index contributed by atoms with van der Waals surface area (Å²) in [6.07, 6.45) is 2.97. The van der Waals surface area contributed by atoms with Crippen LogP contribution in [0.25, 0.3) is 0 Å². The first-order valence-electron chi connectivity index (χ1n) is 6.81. The van der Waals surface area contributed by atoms with E-state index in [2.05, 4.69) is 19.2 Å². The van der Waals surface area contributed by atoms with Crippen molar-refractivity contribution in [1.29, 1.82) is 0 Å². The van der Waals surface area contributed by atoms with Gasteiger partial charge in [-0.2, -0.15) is 0 Å². The highest BCUT2D eigenvalue weighted by Gasteiger charge is 2.08. The van der Waals surface area contributed by atoms with Gasteiger partial charge < -0.3 is 10.1 Å². The lowest BCUT2D eigenvalue weighted by atomic mass is 10.0. The first-order chi connectivity index (χ1) is 8.76. The summed E-state index contributed by atoms with van der Waals surface area (Å²) >= 11 is 0. The molecule has 0 heterocycles. The van der Waals surface area contributed by atoms with Crippen LogP contribution in [0.1, 0.15) is 32.3 Å². The molecule has 18 heavy (non-hydrogen) atoms. The lowest BCUT2D eigenvalue weighted by Crippen LogP contribution is -2.32. The quantitative estimate of drug-likeness (QED) is 0.683. The van der Waals surface area contributed by atoms with Gasteiger partial charge in [0.05, 0.1) is 0 Å². The second-order valence-corrected chi connectivity index (χ2v) is 4.49. The highest BCUT2D eigenvalue weighted by atomic mass is 19.1. The van der Waals surface area contributed by atoms with Crippen LogP contribution < -0.4 is 5.32 Å². The second kappa shape index (κ2) is 9.06. The van der Waals surface area contributed by atoms with Gasteiger partial charge in [0, 0.05) is 19.3 Å². The maximum atomic E-state index is 12.8. The Bertz CT molecular complexity index is 313. The fourth-order valence-corrected chi connectivity index (χ4v) is 1.94. The van der Waals surface area contributed by atoms with Crippen molar-refractivity contribution in [2.45, 2.75) is 39.2 Å². The van der Waals surface area contributed by atoms with Crippen LogP contribution in [0.15, 0.2) is 24.3 Å². The Balaban J connectivity index is 2.38. The van der Waals surface area contributed by atoms with Crippen LogP contribution in [-0.2, 0) is 11.2 Å². The van der Waals surface area contributed by atoms with Crippen molar-refractivity contribution in [3.63, 3.8) is 0 Å². The van der Waals surface area contributed by atoms with Crippen molar-refractivity contribution >= 4 is 0 Å². The molecule has 0 radical (unpaired) electrons. The molecular formula is C15H24FNO. The summed E-state index contributed by atoms with van der Waals surface area (Å²) in [7, 11) is 0. The maximum absolute atomic E-state index is 12.8. The molecule has 1 atom stereocenters. The molecule has 0 bridgehead atoms. The van der Waals surface area contributed by atoms with Gasteiger partial charge >= 0.3 is 0 Å². The maximum Gasteiger partial charge on any atom is 0.123 e. The summed E-state index contributed by atoms with van der Waals surface area (Å²) < 4.78 is 18.3. The van der Waals surface area contributed by atoms with E-state index < -0.39 is 0 Å². The Morgan fingerprint density at radius 2 is 1.89 bits per heavy atom. The van der Waals surface area contributed by atoms with Gasteiger partial charge in [0.15, 0.2) is 0 Å². The lowest BCUT2D eigenvalue weighted by Gasteiger charge is -2.18. The summed E-state index contributed by atoms with van der Waals surface area (Å²) in [6, 6.07) is 7.15. The number of likely N-dealkylation sites (N-methyl/N-ethyl adjacent to an activating group) is 1. The highest BCUT2D eigenvalue weighted by Crippen LogP contribution is 2.08. The number of ether oxygens (including phenoxy) is 1. The molecule has 1 aromatic carbocycles. The molecule has 0 aliphatic carbocycles. The van der Waals surface area contributed by atoms with Gasteiger partial charge in [-0.05, 0) is 43.5 Å². The molecule has 1 N–H and O–H groups in total. The van der Waals surface area contributed by atoms with Crippen molar-refractivity contribution in [1.82, 2.24) is 5.32 Å². The Kier molecular flexibility index (Phi) is 7.62. The smallest absolute Gasteiger partial charge is 0.123 e. The number of benzene rings is 1. The average Bonchev–Trinajstić information content (AvgIpc) is 2.37. The van der Waals surface area contributed by atoms with Crippen LogP contribution in [0.4, 0.5) is 4.39 Å². The predicted molar refractivity (Wildman–Crippen MR) is 73.3 cm³/mol. The molecule has 0 aliphatic heterocycles. The predicted octanol–water partition coefficient (Wildman–Crippen LogP) is 3.16. The largest absolute Gasteiger partial charge is 0.381 e. The molecule has 1 unspecified atom stereocenters. The van der Waals surface area contributed by atoms with Crippen molar-refractivity contribution in [3.8, 4) is 0 Å². The van der Waals surface area contributed by atoms with Gasteiger partial charge in [0.1, 0.15) is 5.82 Å². The second-order valence-electron chi connectivity index (χ2n) is 4.49. The minimum Gasteiger partial charge on any atom is -0.381 e. The van der Waals surface area contributed by atoms with Gasteiger partial charge in [-0.15, -0.1) is 0 Å². The van der Waals surface area contributed by atoms with E-state index in [1.165, 1.54) is 12.1 Å². The van der Waals surface area contributed by atoms with Crippen LogP contribution in [0.3, 0.4) is 0 Å². The van der Waals surface area contributed by atoms with E-state index in [-0.39, 0.29) is 5.82 Å². The first-order valence-corrected chi connectivity index (χ1v) is 6.81. The highest BCUT2D eigenvalue weighted by molar-refractivity contribution is 5.17. The monoisotopic (exact) mass is 253 g/mol. The zero-order chi connectivity index (χ0) is 13.2. The molecule has 102 valence electrons. The molecule has 1 rings (SSSR count). The Morgan fingerprint density at radius 1 is 1.17 bits per heavy atom. The number of hydrogen-bond donors (Lipinski definition) is 1. The van der Waals surface area contributed by atoms with Crippen LogP contribution >= 0.6 is 0 Å². The minimum atomic E-state index is -0.176. The van der Waals surface area contributed by atoms with Gasteiger partial charge in [0.2, 0.25) is 0 Å². The zero-order valence-electron chi connectivity index (χ0n) is 11.4. The molecule has 0 spiro atoms. The zero-order valence-corrected chi connectivity index (χ0v) is 11.4. The third-order valence-corrected chi connectivity index (χ3v) is 2.85. The molecule has 0 aliphatic rings. The fraction of sp³-hybridized carbons (Fsp3) is 0.600. The topological polar surface area (TPSA) is 21.3 Å². The fourth-order valence-electron chi connectivity index (χ4n) is 1.94. The minimum absolute atomic E-state index is 0.176. The Hall–Kier alpha value is -0.930. The summed E-state index contributed by atoms with van der Waals surface area (Å²) in [5.41, 5.74) is 1.16. The molecule has 3 heteroatoms. The van der Waals surface area contributed by atoms with Crippen LogP contribution in [-0.4, -0.2) is 25.8 Å². The van der Waals surface area contributed by atoms with Crippen molar-refractivity contribution in [3.05, 3.63) is 35.6 Å². The SMILES string of the molecule is CCCOCCC(Cc1ccc(F)cc1)NCC. The van der Waals surface area contributed by atoms with Crippen molar-refractivity contribution in [2.75, 3.05) is 19.8 Å². The Labute approximate surface area is 110 Å². The van der Waals surface area contributed by atoms with E-state index in [1.54, 1.807) is 0 Å². The van der Waals surface area contributed by atoms with Gasteiger partial charge in [-0.1, -0.05) is 26.0 Å². The van der Waals surface area contributed by atoms with E-state index in [1.807, 2.05) is 12.1 Å². The van der Waals surface area contributed by atoms with Crippen LogP contribution in [0.5, 0.6) is 0 Å². The van der Waals surface area contributed by atoms with E-state index in [0.717, 1.165) is 44.6 Å². The average molecular weight is 253 g/mol. The molecular weight excluding hydrogens is 229 g/mol.